The summed E-state index contributed by atoms with van der Waals surface area (Å²) in [6.45, 7) is 6.71. The molecule has 0 saturated heterocycles. The SMILES string of the molecule is C.C.C.CCc1ccc(C(C)CC)cc1. The van der Waals surface area contributed by atoms with Gasteiger partial charge in [0.25, 0.3) is 0 Å². The van der Waals surface area contributed by atoms with Gasteiger partial charge in [-0.3, -0.25) is 0 Å². The zero-order chi connectivity index (χ0) is 8.97. The van der Waals surface area contributed by atoms with Crippen LogP contribution >= 0.6 is 0 Å². The highest BCUT2D eigenvalue weighted by atomic mass is 14.1. The highest BCUT2D eigenvalue weighted by Gasteiger charge is 2.00. The summed E-state index contributed by atoms with van der Waals surface area (Å²) in [6, 6.07) is 8.99. The van der Waals surface area contributed by atoms with Crippen LogP contribution in [0.3, 0.4) is 0 Å². The number of hydrogen-bond donors (Lipinski definition) is 0. The van der Waals surface area contributed by atoms with Crippen LogP contribution in [-0.2, 0) is 6.42 Å². The molecule has 0 aliphatic heterocycles. The standard InChI is InChI=1S/C12H18.3CH4/c1-4-10(3)12-8-6-11(5-2)7-9-12;;;/h6-10H,4-5H2,1-3H3;3*1H4. The summed E-state index contributed by atoms with van der Waals surface area (Å²) in [5, 5.41) is 0. The van der Waals surface area contributed by atoms with Gasteiger partial charge in [0.15, 0.2) is 0 Å². The summed E-state index contributed by atoms with van der Waals surface area (Å²) in [4.78, 5) is 0. The molecule has 0 saturated carbocycles. The van der Waals surface area contributed by atoms with Crippen molar-refractivity contribution in [3.8, 4) is 0 Å². The lowest BCUT2D eigenvalue weighted by molar-refractivity contribution is 0.733. The molecule has 15 heavy (non-hydrogen) atoms. The summed E-state index contributed by atoms with van der Waals surface area (Å²) in [5.74, 6) is 0.705. The number of benzene rings is 1. The molecule has 0 aliphatic rings. The average Bonchev–Trinajstić information content (AvgIpc) is 2.17. The van der Waals surface area contributed by atoms with Crippen LogP contribution in [0.25, 0.3) is 0 Å². The first kappa shape index (κ1) is 19.7. The van der Waals surface area contributed by atoms with E-state index in [2.05, 4.69) is 45.0 Å². The van der Waals surface area contributed by atoms with Gasteiger partial charge in [0, 0.05) is 0 Å². The second kappa shape index (κ2) is 9.76. The molecule has 0 aromatic heterocycles. The van der Waals surface area contributed by atoms with E-state index in [0.717, 1.165) is 6.42 Å². The predicted molar refractivity (Wildman–Crippen MR) is 74.7 cm³/mol. The molecule has 1 unspecified atom stereocenters. The normalized spacial score (nSPS) is 10.3. The molecule has 0 radical (unpaired) electrons. The van der Waals surface area contributed by atoms with Gasteiger partial charge in [-0.2, -0.15) is 0 Å². The van der Waals surface area contributed by atoms with Crippen molar-refractivity contribution in [1.82, 2.24) is 0 Å². The Balaban J connectivity index is -0.000000480. The van der Waals surface area contributed by atoms with Gasteiger partial charge < -0.3 is 0 Å². The van der Waals surface area contributed by atoms with Crippen LogP contribution in [0.5, 0.6) is 0 Å². The molecular formula is C15H30. The molecule has 0 fully saturated rings. The highest BCUT2D eigenvalue weighted by molar-refractivity contribution is 5.24. The molecule has 0 N–H and O–H groups in total. The molecule has 0 spiro atoms. The second-order valence-electron chi connectivity index (χ2n) is 3.40. The van der Waals surface area contributed by atoms with Crippen molar-refractivity contribution >= 4 is 0 Å². The first-order valence-electron chi connectivity index (χ1n) is 4.86. The Kier molecular flexibility index (Phi) is 12.8. The van der Waals surface area contributed by atoms with Crippen LogP contribution in [0.4, 0.5) is 0 Å². The Morgan fingerprint density at radius 2 is 1.40 bits per heavy atom. The van der Waals surface area contributed by atoms with Gasteiger partial charge in [0.1, 0.15) is 0 Å². The van der Waals surface area contributed by atoms with E-state index >= 15 is 0 Å². The zero-order valence-corrected chi connectivity index (χ0v) is 8.30. The van der Waals surface area contributed by atoms with Crippen LogP contribution in [0.2, 0.25) is 0 Å². The number of hydrogen-bond acceptors (Lipinski definition) is 0. The summed E-state index contributed by atoms with van der Waals surface area (Å²) < 4.78 is 0. The lowest BCUT2D eigenvalue weighted by Crippen LogP contribution is -1.91. The van der Waals surface area contributed by atoms with Crippen LogP contribution < -0.4 is 0 Å². The van der Waals surface area contributed by atoms with Crippen LogP contribution in [0, 0.1) is 0 Å². The largest absolute Gasteiger partial charge is 0.0776 e. The second-order valence-corrected chi connectivity index (χ2v) is 3.40. The van der Waals surface area contributed by atoms with Crippen molar-refractivity contribution in [3.05, 3.63) is 35.4 Å². The minimum atomic E-state index is 0. The molecular weight excluding hydrogens is 180 g/mol. The van der Waals surface area contributed by atoms with E-state index in [1.165, 1.54) is 17.5 Å². The number of rotatable bonds is 3. The Morgan fingerprint density at radius 3 is 1.73 bits per heavy atom. The van der Waals surface area contributed by atoms with Gasteiger partial charge in [-0.05, 0) is 29.9 Å². The van der Waals surface area contributed by atoms with Crippen LogP contribution in [0.15, 0.2) is 24.3 Å². The lowest BCUT2D eigenvalue weighted by atomic mass is 9.97. The fraction of sp³-hybridized carbons (Fsp3) is 0.600. The maximum Gasteiger partial charge on any atom is -0.0193 e. The molecule has 1 atom stereocenters. The van der Waals surface area contributed by atoms with E-state index in [1.54, 1.807) is 0 Å². The van der Waals surface area contributed by atoms with E-state index in [0.29, 0.717) is 5.92 Å². The van der Waals surface area contributed by atoms with E-state index in [9.17, 15) is 0 Å². The zero-order valence-electron chi connectivity index (χ0n) is 8.30. The minimum Gasteiger partial charge on any atom is -0.0776 e. The Labute approximate surface area is 97.7 Å². The van der Waals surface area contributed by atoms with E-state index in [4.69, 9.17) is 0 Å². The predicted octanol–water partition coefficient (Wildman–Crippen LogP) is 5.67. The van der Waals surface area contributed by atoms with Gasteiger partial charge in [0.2, 0.25) is 0 Å². The molecule has 1 rings (SSSR count). The first-order valence-corrected chi connectivity index (χ1v) is 4.86. The van der Waals surface area contributed by atoms with Gasteiger partial charge in [-0.1, -0.05) is 67.3 Å². The van der Waals surface area contributed by atoms with Gasteiger partial charge in [-0.25, -0.2) is 0 Å². The molecule has 0 amide bonds. The third kappa shape index (κ3) is 5.61. The summed E-state index contributed by atoms with van der Waals surface area (Å²) in [6.07, 6.45) is 2.37. The van der Waals surface area contributed by atoms with Crippen molar-refractivity contribution in [2.45, 2.75) is 61.8 Å². The van der Waals surface area contributed by atoms with Crippen LogP contribution in [-0.4, -0.2) is 0 Å². The molecule has 0 heteroatoms. The molecule has 1 aromatic rings. The van der Waals surface area contributed by atoms with Crippen molar-refractivity contribution in [1.29, 1.82) is 0 Å². The monoisotopic (exact) mass is 210 g/mol. The summed E-state index contributed by atoms with van der Waals surface area (Å²) in [5.41, 5.74) is 2.90. The van der Waals surface area contributed by atoms with E-state index < -0.39 is 0 Å². The lowest BCUT2D eigenvalue weighted by Gasteiger charge is -2.08. The summed E-state index contributed by atoms with van der Waals surface area (Å²) in [7, 11) is 0. The molecule has 0 aliphatic carbocycles. The number of aryl methyl sites for hydroxylation is 1. The molecule has 1 aromatic carbocycles. The Hall–Kier alpha value is -0.780. The van der Waals surface area contributed by atoms with E-state index in [-0.39, 0.29) is 22.3 Å². The molecule has 0 bridgehead atoms. The quantitative estimate of drug-likeness (QED) is 0.603. The van der Waals surface area contributed by atoms with Crippen molar-refractivity contribution < 1.29 is 0 Å². The molecule has 90 valence electrons. The maximum absolute atomic E-state index is 2.28. The van der Waals surface area contributed by atoms with Gasteiger partial charge in [0.05, 0.1) is 0 Å². The van der Waals surface area contributed by atoms with Crippen molar-refractivity contribution in [3.63, 3.8) is 0 Å². The topological polar surface area (TPSA) is 0 Å². The Morgan fingerprint density at radius 1 is 0.933 bits per heavy atom. The molecule has 0 nitrogen and oxygen atoms in total. The fourth-order valence-electron chi connectivity index (χ4n) is 1.32. The average molecular weight is 210 g/mol. The summed E-state index contributed by atoms with van der Waals surface area (Å²) >= 11 is 0. The third-order valence-electron chi connectivity index (χ3n) is 2.57. The highest BCUT2D eigenvalue weighted by Crippen LogP contribution is 2.18. The van der Waals surface area contributed by atoms with Crippen molar-refractivity contribution in [2.24, 2.45) is 0 Å². The smallest absolute Gasteiger partial charge is 0.0193 e. The maximum atomic E-state index is 2.28. The van der Waals surface area contributed by atoms with Crippen LogP contribution in [0.1, 0.15) is 66.5 Å². The third-order valence-corrected chi connectivity index (χ3v) is 2.57. The fourth-order valence-corrected chi connectivity index (χ4v) is 1.32. The van der Waals surface area contributed by atoms with E-state index in [1.807, 2.05) is 0 Å². The minimum absolute atomic E-state index is 0. The molecule has 0 heterocycles. The van der Waals surface area contributed by atoms with Gasteiger partial charge >= 0.3 is 0 Å². The Bertz CT molecular complexity index is 220. The first-order chi connectivity index (χ1) is 5.77. The van der Waals surface area contributed by atoms with Gasteiger partial charge in [-0.15, -0.1) is 0 Å². The van der Waals surface area contributed by atoms with Crippen molar-refractivity contribution in [2.75, 3.05) is 0 Å².